The van der Waals surface area contributed by atoms with Crippen LogP contribution in [0.2, 0.25) is 0 Å². The topological polar surface area (TPSA) is 54.5 Å². The lowest BCUT2D eigenvalue weighted by Crippen LogP contribution is -2.28. The molecule has 0 aliphatic carbocycles. The summed E-state index contributed by atoms with van der Waals surface area (Å²) in [5.41, 5.74) is 2.23. The van der Waals surface area contributed by atoms with E-state index in [1.165, 1.54) is 0 Å². The molecule has 0 radical (unpaired) electrons. The lowest BCUT2D eigenvalue weighted by atomic mass is 10.2. The third kappa shape index (κ3) is 3.19. The monoisotopic (exact) mass is 297 g/mol. The number of rotatable bonds is 4. The molecule has 1 aliphatic rings. The maximum atomic E-state index is 12.4. The van der Waals surface area contributed by atoms with Gasteiger partial charge in [0.15, 0.2) is 0 Å². The van der Waals surface area contributed by atoms with Gasteiger partial charge in [-0.15, -0.1) is 0 Å². The molecule has 5 nitrogen and oxygen atoms in total. The summed E-state index contributed by atoms with van der Waals surface area (Å²) >= 11 is 0. The summed E-state index contributed by atoms with van der Waals surface area (Å²) in [5.74, 6) is 0.791. The molecule has 1 aliphatic heterocycles. The predicted molar refractivity (Wildman–Crippen MR) is 85.7 cm³/mol. The molecule has 1 aromatic carbocycles. The van der Waals surface area contributed by atoms with Crippen molar-refractivity contribution in [1.82, 2.24) is 9.88 Å². The third-order valence-electron chi connectivity index (χ3n) is 3.73. The predicted octanol–water partition coefficient (Wildman–Crippen LogP) is 3.07. The molecule has 2 aromatic rings. The first-order valence-corrected chi connectivity index (χ1v) is 7.43. The standard InChI is InChI=1S/C17H19N3O2/c1-22-15-6-4-5-13(11-15)19-14-7-8-18-16(12-14)17(21)20-9-2-3-10-20/h4-8,11-12H,2-3,9-10H2,1H3,(H,18,19). The molecule has 3 rings (SSSR count). The number of likely N-dealkylation sites (tertiary alicyclic amines) is 1. The summed E-state index contributed by atoms with van der Waals surface area (Å²) in [4.78, 5) is 18.4. The minimum atomic E-state index is 0.00629. The zero-order valence-corrected chi connectivity index (χ0v) is 12.6. The number of pyridine rings is 1. The van der Waals surface area contributed by atoms with Gasteiger partial charge < -0.3 is 15.0 Å². The minimum Gasteiger partial charge on any atom is -0.497 e. The highest BCUT2D eigenvalue weighted by Gasteiger charge is 2.20. The number of methoxy groups -OCH3 is 1. The second-order valence-corrected chi connectivity index (χ2v) is 5.29. The summed E-state index contributed by atoms with van der Waals surface area (Å²) in [6, 6.07) is 11.3. The highest BCUT2D eigenvalue weighted by atomic mass is 16.5. The van der Waals surface area contributed by atoms with Crippen LogP contribution in [-0.2, 0) is 0 Å². The molecule has 0 bridgehead atoms. The number of hydrogen-bond donors (Lipinski definition) is 1. The van der Waals surface area contributed by atoms with E-state index in [0.717, 1.165) is 43.1 Å². The van der Waals surface area contributed by atoms with E-state index in [1.54, 1.807) is 19.4 Å². The zero-order chi connectivity index (χ0) is 15.4. The van der Waals surface area contributed by atoms with E-state index in [-0.39, 0.29) is 5.91 Å². The van der Waals surface area contributed by atoms with E-state index in [9.17, 15) is 4.79 Å². The average Bonchev–Trinajstić information content (AvgIpc) is 3.09. The van der Waals surface area contributed by atoms with Crippen molar-refractivity contribution in [1.29, 1.82) is 0 Å². The molecule has 22 heavy (non-hydrogen) atoms. The van der Waals surface area contributed by atoms with Crippen molar-refractivity contribution in [3.63, 3.8) is 0 Å². The number of amides is 1. The lowest BCUT2D eigenvalue weighted by Gasteiger charge is -2.15. The molecular formula is C17H19N3O2. The van der Waals surface area contributed by atoms with Crippen molar-refractivity contribution in [3.05, 3.63) is 48.3 Å². The van der Waals surface area contributed by atoms with Crippen molar-refractivity contribution >= 4 is 17.3 Å². The summed E-state index contributed by atoms with van der Waals surface area (Å²) < 4.78 is 5.21. The van der Waals surface area contributed by atoms with E-state index in [2.05, 4.69) is 10.3 Å². The van der Waals surface area contributed by atoms with Crippen LogP contribution in [-0.4, -0.2) is 36.0 Å². The highest BCUT2D eigenvalue weighted by molar-refractivity contribution is 5.93. The van der Waals surface area contributed by atoms with E-state index in [4.69, 9.17) is 4.74 Å². The van der Waals surface area contributed by atoms with Gasteiger partial charge in [0.25, 0.3) is 5.91 Å². The largest absolute Gasteiger partial charge is 0.497 e. The number of nitrogens with one attached hydrogen (secondary N) is 1. The number of benzene rings is 1. The molecule has 1 N–H and O–H groups in total. The molecule has 1 aromatic heterocycles. The SMILES string of the molecule is COc1cccc(Nc2ccnc(C(=O)N3CCCC3)c2)c1. The van der Waals surface area contributed by atoms with E-state index >= 15 is 0 Å². The van der Waals surface area contributed by atoms with Gasteiger partial charge in [0.1, 0.15) is 11.4 Å². The van der Waals surface area contributed by atoms with Gasteiger partial charge in [-0.1, -0.05) is 6.07 Å². The first kappa shape index (κ1) is 14.4. The van der Waals surface area contributed by atoms with Gasteiger partial charge in [0.05, 0.1) is 7.11 Å². The fraction of sp³-hybridized carbons (Fsp3) is 0.294. The van der Waals surface area contributed by atoms with Crippen molar-refractivity contribution in [2.24, 2.45) is 0 Å². The summed E-state index contributed by atoms with van der Waals surface area (Å²) in [6.45, 7) is 1.65. The summed E-state index contributed by atoms with van der Waals surface area (Å²) in [5, 5.41) is 3.27. The van der Waals surface area contributed by atoms with Crippen LogP contribution in [0.1, 0.15) is 23.3 Å². The van der Waals surface area contributed by atoms with E-state index < -0.39 is 0 Å². The van der Waals surface area contributed by atoms with Crippen LogP contribution in [0.4, 0.5) is 11.4 Å². The Hall–Kier alpha value is -2.56. The molecule has 1 fully saturated rings. The van der Waals surface area contributed by atoms with Gasteiger partial charge in [0.2, 0.25) is 0 Å². The van der Waals surface area contributed by atoms with E-state index in [0.29, 0.717) is 5.69 Å². The highest BCUT2D eigenvalue weighted by Crippen LogP contribution is 2.22. The summed E-state index contributed by atoms with van der Waals surface area (Å²) in [6.07, 6.45) is 3.81. The number of carbonyl (C=O) groups is 1. The van der Waals surface area contributed by atoms with Crippen LogP contribution < -0.4 is 10.1 Å². The van der Waals surface area contributed by atoms with Crippen molar-refractivity contribution in [2.75, 3.05) is 25.5 Å². The lowest BCUT2D eigenvalue weighted by molar-refractivity contribution is 0.0787. The zero-order valence-electron chi connectivity index (χ0n) is 12.6. The molecule has 0 unspecified atom stereocenters. The average molecular weight is 297 g/mol. The Morgan fingerprint density at radius 2 is 1.95 bits per heavy atom. The molecular weight excluding hydrogens is 278 g/mol. The second kappa shape index (κ2) is 6.47. The summed E-state index contributed by atoms with van der Waals surface area (Å²) in [7, 11) is 1.64. The molecule has 5 heteroatoms. The first-order valence-electron chi connectivity index (χ1n) is 7.43. The molecule has 0 spiro atoms. The first-order chi connectivity index (χ1) is 10.8. The second-order valence-electron chi connectivity index (χ2n) is 5.29. The number of nitrogens with zero attached hydrogens (tertiary/aromatic N) is 2. The van der Waals surface area contributed by atoms with Crippen molar-refractivity contribution in [2.45, 2.75) is 12.8 Å². The Bertz CT molecular complexity index is 666. The van der Waals surface area contributed by atoms with Crippen LogP contribution in [0.25, 0.3) is 0 Å². The van der Waals surface area contributed by atoms with Gasteiger partial charge in [-0.3, -0.25) is 9.78 Å². The Kier molecular flexibility index (Phi) is 4.23. The smallest absolute Gasteiger partial charge is 0.272 e. The Morgan fingerprint density at radius 1 is 1.18 bits per heavy atom. The molecule has 2 heterocycles. The van der Waals surface area contributed by atoms with Crippen LogP contribution in [0.5, 0.6) is 5.75 Å². The van der Waals surface area contributed by atoms with Gasteiger partial charge >= 0.3 is 0 Å². The molecule has 0 saturated carbocycles. The fourth-order valence-corrected chi connectivity index (χ4v) is 2.57. The minimum absolute atomic E-state index is 0.00629. The molecule has 1 amide bonds. The van der Waals surface area contributed by atoms with E-state index in [1.807, 2.05) is 35.2 Å². The number of carbonyl (C=O) groups excluding carboxylic acids is 1. The Balaban J connectivity index is 1.77. The van der Waals surface area contributed by atoms with Crippen molar-refractivity contribution < 1.29 is 9.53 Å². The molecule has 114 valence electrons. The van der Waals surface area contributed by atoms with Gasteiger partial charge in [0, 0.05) is 36.7 Å². The quantitative estimate of drug-likeness (QED) is 0.942. The number of aromatic nitrogens is 1. The van der Waals surface area contributed by atoms with Crippen LogP contribution in [0.3, 0.4) is 0 Å². The molecule has 1 saturated heterocycles. The number of ether oxygens (including phenoxy) is 1. The number of anilines is 2. The van der Waals surface area contributed by atoms with Gasteiger partial charge in [-0.25, -0.2) is 0 Å². The van der Waals surface area contributed by atoms with Crippen molar-refractivity contribution in [3.8, 4) is 5.75 Å². The number of hydrogen-bond acceptors (Lipinski definition) is 4. The Labute approximate surface area is 129 Å². The van der Waals surface area contributed by atoms with Gasteiger partial charge in [-0.05, 0) is 37.1 Å². The van der Waals surface area contributed by atoms with Crippen LogP contribution in [0, 0.1) is 0 Å². The molecule has 0 atom stereocenters. The van der Waals surface area contributed by atoms with Crippen LogP contribution >= 0.6 is 0 Å². The van der Waals surface area contributed by atoms with Gasteiger partial charge in [-0.2, -0.15) is 0 Å². The fourth-order valence-electron chi connectivity index (χ4n) is 2.57. The van der Waals surface area contributed by atoms with Crippen LogP contribution in [0.15, 0.2) is 42.6 Å². The Morgan fingerprint density at radius 3 is 2.73 bits per heavy atom. The maximum Gasteiger partial charge on any atom is 0.272 e. The normalized spacial score (nSPS) is 14.0. The maximum absolute atomic E-state index is 12.4. The third-order valence-corrected chi connectivity index (χ3v) is 3.73.